The highest BCUT2D eigenvalue weighted by molar-refractivity contribution is 8.00. The minimum atomic E-state index is -1.84. The van der Waals surface area contributed by atoms with Crippen molar-refractivity contribution in [3.63, 3.8) is 0 Å². The third kappa shape index (κ3) is 8.22. The first-order chi connectivity index (χ1) is 27.6. The summed E-state index contributed by atoms with van der Waals surface area (Å²) < 4.78 is 19.1. The summed E-state index contributed by atoms with van der Waals surface area (Å²) in [6.07, 6.45) is 7.40. The van der Waals surface area contributed by atoms with Gasteiger partial charge in [-0.2, -0.15) is 4.57 Å². The summed E-state index contributed by atoms with van der Waals surface area (Å²) in [4.78, 5) is 66.2. The summed E-state index contributed by atoms with van der Waals surface area (Å²) in [5.41, 5.74) is 11.4. The van der Waals surface area contributed by atoms with Gasteiger partial charge >= 0.3 is 11.9 Å². The molecule has 6 heterocycles. The number of benzene rings is 1. The number of hydrogen-bond donors (Lipinski definition) is 6. The molecule has 1 aromatic carbocycles. The molecule has 1 unspecified atom stereocenters. The van der Waals surface area contributed by atoms with Gasteiger partial charge in [0.25, 0.3) is 11.8 Å². The van der Waals surface area contributed by atoms with Crippen LogP contribution in [0.1, 0.15) is 43.5 Å². The lowest BCUT2D eigenvalue weighted by atomic mass is 10.0. The van der Waals surface area contributed by atoms with Gasteiger partial charge in [0.15, 0.2) is 29.8 Å². The molecule has 0 radical (unpaired) electrons. The minimum Gasteiger partial charge on any atom is -0.478 e. The second-order valence-corrected chi connectivity index (χ2v) is 17.1. The maximum atomic E-state index is 15.4. The molecular formula is C37H39ClFN10O7S2+. The van der Waals surface area contributed by atoms with Crippen LogP contribution in [0.4, 0.5) is 9.52 Å². The molecule has 0 spiro atoms. The van der Waals surface area contributed by atoms with Crippen LogP contribution in [-0.4, -0.2) is 102 Å². The van der Waals surface area contributed by atoms with Crippen molar-refractivity contribution in [2.45, 2.75) is 62.8 Å². The number of anilines is 1. The van der Waals surface area contributed by atoms with E-state index in [9.17, 15) is 29.4 Å². The Hall–Kier alpha value is -5.57. The lowest BCUT2D eigenvalue weighted by Gasteiger charge is -2.49. The second-order valence-electron chi connectivity index (χ2n) is 14.4. The van der Waals surface area contributed by atoms with Gasteiger partial charge in [-0.25, -0.2) is 19.0 Å². The zero-order valence-electron chi connectivity index (χ0n) is 31.1. The molecule has 2 fully saturated rings. The molecule has 7 rings (SSSR count). The Morgan fingerprint density at radius 3 is 2.71 bits per heavy atom. The summed E-state index contributed by atoms with van der Waals surface area (Å²) in [5.74, 6) is -4.25. The SMILES string of the molecule is CC(C)(O/N=C(\C(=O)N[C@@H]1C(=O)N2C(C(=O)O)=C(C[n+]3ccc4ccn(Cc5ccc(C(N)=NC6CCCNC6)cc5F)c4c3)CS[C@H]12)c1nc(N)sc1Cl)C(=O)O. The zero-order chi connectivity index (χ0) is 41.5. The number of halogens is 2. The molecule has 0 bridgehead atoms. The fraction of sp³-hybridized carbons (Fsp3) is 0.351. The topological polar surface area (TPSA) is 244 Å². The number of carboxylic acids is 2. The van der Waals surface area contributed by atoms with Crippen molar-refractivity contribution in [2.75, 3.05) is 24.6 Å². The van der Waals surface area contributed by atoms with Crippen LogP contribution in [0.5, 0.6) is 0 Å². The Morgan fingerprint density at radius 2 is 2.03 bits per heavy atom. The largest absolute Gasteiger partial charge is 0.478 e. The Balaban J connectivity index is 1.07. The highest BCUT2D eigenvalue weighted by atomic mass is 35.5. The number of amidine groups is 1. The summed E-state index contributed by atoms with van der Waals surface area (Å²) in [7, 11) is 0. The van der Waals surface area contributed by atoms with Crippen molar-refractivity contribution >= 4 is 86.0 Å². The molecule has 8 N–H and O–H groups in total. The van der Waals surface area contributed by atoms with E-state index in [1.807, 2.05) is 29.1 Å². The van der Waals surface area contributed by atoms with Crippen molar-refractivity contribution in [3.05, 3.63) is 87.2 Å². The number of thioether (sulfide) groups is 1. The van der Waals surface area contributed by atoms with Gasteiger partial charge in [0.2, 0.25) is 5.60 Å². The lowest BCUT2D eigenvalue weighted by Crippen LogP contribution is -2.71. The lowest BCUT2D eigenvalue weighted by molar-refractivity contribution is -0.687. The third-order valence-electron chi connectivity index (χ3n) is 9.89. The van der Waals surface area contributed by atoms with Crippen molar-refractivity contribution < 1.29 is 43.2 Å². The Bertz CT molecular complexity index is 2430. The molecule has 4 aromatic rings. The average Bonchev–Trinajstić information content (AvgIpc) is 3.74. The van der Waals surface area contributed by atoms with E-state index >= 15 is 4.39 Å². The maximum Gasteiger partial charge on any atom is 0.352 e. The fourth-order valence-corrected chi connectivity index (χ4v) is 8.99. The fourth-order valence-electron chi connectivity index (χ4n) is 6.73. The first kappa shape index (κ1) is 40.6. The number of oxime groups is 1. The summed E-state index contributed by atoms with van der Waals surface area (Å²) >= 11 is 8.34. The van der Waals surface area contributed by atoms with Crippen LogP contribution in [0.15, 0.2) is 70.3 Å². The number of fused-ring (bicyclic) bond motifs is 2. The highest BCUT2D eigenvalue weighted by Gasteiger charge is 2.55. The number of carbonyl (C=O) groups is 4. The quantitative estimate of drug-likeness (QED) is 0.0373. The number of aliphatic carboxylic acids is 2. The Kier molecular flexibility index (Phi) is 11.5. The van der Waals surface area contributed by atoms with Gasteiger partial charge in [0, 0.05) is 46.6 Å². The van der Waals surface area contributed by atoms with Crippen molar-refractivity contribution in [1.29, 1.82) is 0 Å². The molecule has 2 amide bonds. The number of carboxylic acid groups (broad SMARTS) is 2. The van der Waals surface area contributed by atoms with Crippen LogP contribution in [0.25, 0.3) is 10.9 Å². The predicted molar refractivity (Wildman–Crippen MR) is 215 cm³/mol. The number of nitrogen functional groups attached to an aromatic ring is 1. The summed E-state index contributed by atoms with van der Waals surface area (Å²) in [6, 6.07) is 7.51. The predicted octanol–water partition coefficient (Wildman–Crippen LogP) is 2.29. The van der Waals surface area contributed by atoms with Gasteiger partial charge in [-0.3, -0.25) is 19.5 Å². The molecule has 0 saturated carbocycles. The van der Waals surface area contributed by atoms with Crippen molar-refractivity contribution in [2.24, 2.45) is 15.9 Å². The van der Waals surface area contributed by atoms with E-state index in [1.54, 1.807) is 22.9 Å². The van der Waals surface area contributed by atoms with Gasteiger partial charge in [-0.05, 0) is 45.4 Å². The summed E-state index contributed by atoms with van der Waals surface area (Å²) in [5, 5.41) is 29.5. The average molecular weight is 854 g/mol. The molecule has 0 aliphatic carbocycles. The molecule has 21 heteroatoms. The standard InChI is InChI=1S/C37H38ClFN10O7S2/c1-37(2,35(54)55)56-46-26(25-29(38)58-36(41)45-25)31(50)44-27-32(51)49-28(34(52)53)21(17-57-33(27)49)14-47-10-7-18-8-11-48(24(18)16-47)15-20-6-5-19(12-23(20)39)30(40)43-22-4-3-9-42-13-22/h5-8,10-12,16,22,27,33,42H,3-4,9,13-15,17H2,1-2H3,(H6-,40,41,43,44,45,50,52,53,54,55)/p+1/b46-26-/t22?,27-,33-/m1/s1. The normalized spacial score (nSPS) is 20.2. The van der Waals surface area contributed by atoms with E-state index in [1.165, 1.54) is 31.7 Å². The molecule has 2 saturated heterocycles. The van der Waals surface area contributed by atoms with E-state index in [0.717, 1.165) is 53.1 Å². The molecule has 3 aromatic heterocycles. The number of nitrogens with one attached hydrogen (secondary N) is 2. The molecular weight excluding hydrogens is 815 g/mol. The number of pyridine rings is 1. The van der Waals surface area contributed by atoms with Crippen LogP contribution in [0, 0.1) is 5.82 Å². The van der Waals surface area contributed by atoms with Gasteiger partial charge in [0.1, 0.15) is 44.3 Å². The van der Waals surface area contributed by atoms with Crippen LogP contribution < -0.4 is 26.7 Å². The number of nitrogens with zero attached hydrogens (tertiary/aromatic N) is 6. The van der Waals surface area contributed by atoms with E-state index in [2.05, 4.69) is 25.8 Å². The monoisotopic (exact) mass is 853 g/mol. The summed E-state index contributed by atoms with van der Waals surface area (Å²) in [6.45, 7) is 4.46. The number of aromatic nitrogens is 3. The molecule has 304 valence electrons. The molecule has 3 atom stereocenters. The van der Waals surface area contributed by atoms with Crippen LogP contribution in [0.3, 0.4) is 0 Å². The second kappa shape index (κ2) is 16.4. The smallest absolute Gasteiger partial charge is 0.352 e. The number of carbonyl (C=O) groups excluding carboxylic acids is 2. The third-order valence-corrected chi connectivity index (χ3v) is 12.3. The Labute approximate surface area is 343 Å². The van der Waals surface area contributed by atoms with E-state index in [0.29, 0.717) is 22.5 Å². The molecule has 58 heavy (non-hydrogen) atoms. The number of hydrogen-bond acceptors (Lipinski definition) is 12. The minimum absolute atomic E-state index is 0.000453. The highest BCUT2D eigenvalue weighted by Crippen LogP contribution is 2.40. The molecule has 3 aliphatic heterocycles. The van der Waals surface area contributed by atoms with E-state index in [-0.39, 0.29) is 45.7 Å². The van der Waals surface area contributed by atoms with Crippen LogP contribution in [0.2, 0.25) is 4.34 Å². The van der Waals surface area contributed by atoms with Gasteiger partial charge in [-0.1, -0.05) is 40.2 Å². The zero-order valence-corrected chi connectivity index (χ0v) is 33.5. The van der Waals surface area contributed by atoms with Gasteiger partial charge in [0.05, 0.1) is 12.6 Å². The van der Waals surface area contributed by atoms with E-state index in [4.69, 9.17) is 27.9 Å². The van der Waals surface area contributed by atoms with Gasteiger partial charge < -0.3 is 41.7 Å². The number of nitrogens with two attached hydrogens (primary N) is 2. The Morgan fingerprint density at radius 1 is 1.24 bits per heavy atom. The van der Waals surface area contributed by atoms with Gasteiger partial charge in [-0.15, -0.1) is 11.8 Å². The first-order valence-electron chi connectivity index (χ1n) is 18.0. The van der Waals surface area contributed by atoms with Crippen LogP contribution >= 0.6 is 34.7 Å². The number of β-lactam (4-membered cyclic amide) rings is 1. The number of aliphatic imine (C=N–C) groups is 1. The number of thiazole rings is 1. The van der Waals surface area contributed by atoms with E-state index < -0.39 is 52.3 Å². The van der Waals surface area contributed by atoms with Crippen molar-refractivity contribution in [1.82, 2.24) is 25.1 Å². The molecule has 3 aliphatic rings. The van der Waals surface area contributed by atoms with Crippen molar-refractivity contribution in [3.8, 4) is 0 Å². The number of piperidine rings is 1. The molecule has 17 nitrogen and oxygen atoms in total. The maximum absolute atomic E-state index is 15.4. The first-order valence-corrected chi connectivity index (χ1v) is 20.3. The number of rotatable bonds is 13. The van der Waals surface area contributed by atoms with Crippen LogP contribution in [-0.2, 0) is 37.1 Å². The number of amides is 2.